The number of hydrogen-bond acceptors (Lipinski definition) is 4. The Morgan fingerprint density at radius 1 is 1.50 bits per heavy atom. The summed E-state index contributed by atoms with van der Waals surface area (Å²) >= 11 is 0. The quantitative estimate of drug-likeness (QED) is 0.611. The van der Waals surface area contributed by atoms with Gasteiger partial charge in [0, 0.05) is 25.6 Å². The molecular weight excluding hydrogens is 232 g/mol. The largest absolute Gasteiger partial charge is 0.321 e. The predicted octanol–water partition coefficient (Wildman–Crippen LogP) is 2.07. The van der Waals surface area contributed by atoms with Crippen LogP contribution >= 0.6 is 0 Å². The second-order valence-electron chi connectivity index (χ2n) is 4.32. The maximum absolute atomic E-state index is 10.7. The summed E-state index contributed by atoms with van der Waals surface area (Å²) in [5.74, 6) is 1.03. The van der Waals surface area contributed by atoms with E-state index in [2.05, 4.69) is 10.2 Å². The number of nitrogens with zero attached hydrogens (tertiary/aromatic N) is 4. The third-order valence-corrected chi connectivity index (χ3v) is 2.94. The van der Waals surface area contributed by atoms with Crippen molar-refractivity contribution in [2.45, 2.75) is 19.3 Å². The van der Waals surface area contributed by atoms with Crippen molar-refractivity contribution >= 4 is 5.69 Å². The predicted molar refractivity (Wildman–Crippen MR) is 66.2 cm³/mol. The normalized spacial score (nSPS) is 12.3. The van der Waals surface area contributed by atoms with Crippen molar-refractivity contribution in [2.75, 3.05) is 0 Å². The number of non-ortho nitro benzene ring substituents is 1. The maximum atomic E-state index is 10.7. The van der Waals surface area contributed by atoms with Crippen LogP contribution in [-0.2, 0) is 13.5 Å². The van der Waals surface area contributed by atoms with E-state index in [1.807, 2.05) is 24.6 Å². The highest BCUT2D eigenvalue weighted by Crippen LogP contribution is 2.23. The van der Waals surface area contributed by atoms with E-state index in [1.165, 1.54) is 6.07 Å². The van der Waals surface area contributed by atoms with Gasteiger partial charge < -0.3 is 4.57 Å². The highest BCUT2D eigenvalue weighted by Gasteiger charge is 2.13. The molecule has 18 heavy (non-hydrogen) atoms. The second kappa shape index (κ2) is 4.95. The zero-order valence-electron chi connectivity index (χ0n) is 10.3. The topological polar surface area (TPSA) is 73.8 Å². The van der Waals surface area contributed by atoms with Crippen molar-refractivity contribution < 1.29 is 4.92 Å². The molecule has 6 heteroatoms. The molecule has 0 fully saturated rings. The molecule has 1 heterocycles. The van der Waals surface area contributed by atoms with E-state index >= 15 is 0 Å². The van der Waals surface area contributed by atoms with Gasteiger partial charge in [-0.2, -0.15) is 0 Å². The van der Waals surface area contributed by atoms with Crippen LogP contribution in [0.15, 0.2) is 30.6 Å². The van der Waals surface area contributed by atoms with Gasteiger partial charge in [0.2, 0.25) is 0 Å². The Labute approximate surface area is 104 Å². The molecule has 2 aromatic rings. The molecule has 1 aromatic heterocycles. The Bertz CT molecular complexity index is 565. The lowest BCUT2D eigenvalue weighted by atomic mass is 9.97. The van der Waals surface area contributed by atoms with E-state index in [0.29, 0.717) is 6.42 Å². The van der Waals surface area contributed by atoms with Crippen LogP contribution in [0.1, 0.15) is 24.2 Å². The first-order valence-electron chi connectivity index (χ1n) is 5.65. The smallest absolute Gasteiger partial charge is 0.269 e. The minimum absolute atomic E-state index is 0.123. The summed E-state index contributed by atoms with van der Waals surface area (Å²) in [5, 5.41) is 18.6. The van der Waals surface area contributed by atoms with E-state index in [4.69, 9.17) is 0 Å². The zero-order valence-corrected chi connectivity index (χ0v) is 10.3. The van der Waals surface area contributed by atoms with Gasteiger partial charge in [-0.25, -0.2) is 0 Å². The maximum Gasteiger partial charge on any atom is 0.269 e. The van der Waals surface area contributed by atoms with Crippen LogP contribution < -0.4 is 0 Å². The molecule has 0 aliphatic heterocycles. The summed E-state index contributed by atoms with van der Waals surface area (Å²) in [4.78, 5) is 10.3. The summed E-state index contributed by atoms with van der Waals surface area (Å²) in [5.41, 5.74) is 1.06. The SMILES string of the molecule is CC(Cc1nncn1C)c1cccc([N+](=O)[O-])c1. The highest BCUT2D eigenvalue weighted by molar-refractivity contribution is 5.36. The van der Waals surface area contributed by atoms with Gasteiger partial charge in [0.05, 0.1) is 4.92 Å². The molecular formula is C12H14N4O2. The van der Waals surface area contributed by atoms with Gasteiger partial charge >= 0.3 is 0 Å². The molecule has 0 bridgehead atoms. The molecule has 1 atom stereocenters. The molecule has 0 saturated heterocycles. The number of nitro groups is 1. The van der Waals surface area contributed by atoms with Crippen LogP contribution in [-0.4, -0.2) is 19.7 Å². The van der Waals surface area contributed by atoms with Crippen molar-refractivity contribution in [3.05, 3.63) is 52.1 Å². The van der Waals surface area contributed by atoms with Crippen LogP contribution in [0, 0.1) is 10.1 Å². The minimum Gasteiger partial charge on any atom is -0.321 e. The molecule has 1 aromatic carbocycles. The van der Waals surface area contributed by atoms with Gasteiger partial charge in [-0.15, -0.1) is 10.2 Å². The fraction of sp³-hybridized carbons (Fsp3) is 0.333. The monoisotopic (exact) mass is 246 g/mol. The number of rotatable bonds is 4. The molecule has 0 N–H and O–H groups in total. The average Bonchev–Trinajstić information content (AvgIpc) is 2.75. The molecule has 2 rings (SSSR count). The van der Waals surface area contributed by atoms with E-state index in [9.17, 15) is 10.1 Å². The molecule has 0 radical (unpaired) electrons. The third kappa shape index (κ3) is 2.53. The van der Waals surface area contributed by atoms with Crippen LogP contribution in [0.2, 0.25) is 0 Å². The summed E-state index contributed by atoms with van der Waals surface area (Å²) in [6.07, 6.45) is 2.35. The van der Waals surface area contributed by atoms with E-state index in [-0.39, 0.29) is 16.5 Å². The first-order chi connectivity index (χ1) is 8.58. The zero-order chi connectivity index (χ0) is 13.1. The van der Waals surface area contributed by atoms with Crippen LogP contribution in [0.4, 0.5) is 5.69 Å². The number of hydrogen-bond donors (Lipinski definition) is 0. The Balaban J connectivity index is 2.18. The van der Waals surface area contributed by atoms with Gasteiger partial charge in [-0.3, -0.25) is 10.1 Å². The van der Waals surface area contributed by atoms with Crippen molar-refractivity contribution in [1.29, 1.82) is 0 Å². The highest BCUT2D eigenvalue weighted by atomic mass is 16.6. The Hall–Kier alpha value is -2.24. The van der Waals surface area contributed by atoms with Gasteiger partial charge in [0.1, 0.15) is 12.2 Å². The standard InChI is InChI=1S/C12H14N4O2/c1-9(6-12-14-13-8-15(12)2)10-4-3-5-11(7-10)16(17)18/h3-5,7-9H,6H2,1-2H3. The fourth-order valence-corrected chi connectivity index (χ4v) is 1.83. The van der Waals surface area contributed by atoms with Crippen molar-refractivity contribution in [3.8, 4) is 0 Å². The third-order valence-electron chi connectivity index (χ3n) is 2.94. The van der Waals surface area contributed by atoms with Crippen LogP contribution in [0.3, 0.4) is 0 Å². The minimum atomic E-state index is -0.376. The van der Waals surface area contributed by atoms with Crippen LogP contribution in [0.5, 0.6) is 0 Å². The first kappa shape index (κ1) is 12.2. The molecule has 94 valence electrons. The summed E-state index contributed by atoms with van der Waals surface area (Å²) < 4.78 is 1.86. The summed E-state index contributed by atoms with van der Waals surface area (Å²) in [7, 11) is 1.88. The molecule has 0 aliphatic carbocycles. The van der Waals surface area contributed by atoms with Crippen molar-refractivity contribution in [3.63, 3.8) is 0 Å². The van der Waals surface area contributed by atoms with Gasteiger partial charge in [0.15, 0.2) is 0 Å². The Morgan fingerprint density at radius 3 is 2.89 bits per heavy atom. The van der Waals surface area contributed by atoms with Gasteiger partial charge in [-0.05, 0) is 11.5 Å². The van der Waals surface area contributed by atoms with E-state index in [0.717, 1.165) is 11.4 Å². The first-order valence-corrected chi connectivity index (χ1v) is 5.65. The molecule has 0 spiro atoms. The molecule has 1 unspecified atom stereocenters. The second-order valence-corrected chi connectivity index (χ2v) is 4.32. The molecule has 0 aliphatic rings. The average molecular weight is 246 g/mol. The number of nitro benzene ring substituents is 1. The van der Waals surface area contributed by atoms with Gasteiger partial charge in [-0.1, -0.05) is 19.1 Å². The lowest BCUT2D eigenvalue weighted by Crippen LogP contribution is -2.04. The summed E-state index contributed by atoms with van der Waals surface area (Å²) in [6.45, 7) is 2.02. The lowest BCUT2D eigenvalue weighted by Gasteiger charge is -2.10. The Kier molecular flexibility index (Phi) is 3.36. The Morgan fingerprint density at radius 2 is 2.28 bits per heavy atom. The van der Waals surface area contributed by atoms with Crippen molar-refractivity contribution in [2.24, 2.45) is 7.05 Å². The van der Waals surface area contributed by atoms with E-state index < -0.39 is 0 Å². The lowest BCUT2D eigenvalue weighted by molar-refractivity contribution is -0.384. The molecule has 6 nitrogen and oxygen atoms in total. The van der Waals surface area contributed by atoms with Crippen molar-refractivity contribution in [1.82, 2.24) is 14.8 Å². The number of aromatic nitrogens is 3. The number of benzene rings is 1. The summed E-state index contributed by atoms with van der Waals surface area (Å²) in [6, 6.07) is 6.72. The number of aryl methyl sites for hydroxylation is 1. The molecule has 0 amide bonds. The van der Waals surface area contributed by atoms with Crippen LogP contribution in [0.25, 0.3) is 0 Å². The van der Waals surface area contributed by atoms with E-state index in [1.54, 1.807) is 18.5 Å². The molecule has 0 saturated carbocycles. The fourth-order valence-electron chi connectivity index (χ4n) is 1.83. The van der Waals surface area contributed by atoms with Gasteiger partial charge in [0.25, 0.3) is 5.69 Å².